The number of imidazole rings is 1. The number of piperidine rings is 1. The van der Waals surface area contributed by atoms with E-state index < -0.39 is 0 Å². The number of thiophene rings is 1. The summed E-state index contributed by atoms with van der Waals surface area (Å²) in [5.41, 5.74) is 3.34. The van der Waals surface area contributed by atoms with Crippen LogP contribution in [0.4, 0.5) is 0 Å². The lowest BCUT2D eigenvalue weighted by atomic mass is 9.82. The first kappa shape index (κ1) is 17.8. The number of ether oxygens (including phenoxy) is 1. The fraction of sp³-hybridized carbons (Fsp3) is 0.476. The molecular weight excluding hydrogens is 372 g/mol. The molecule has 1 spiro atoms. The van der Waals surface area contributed by atoms with E-state index in [2.05, 4.69) is 35.3 Å². The molecule has 1 fully saturated rings. The van der Waals surface area contributed by atoms with Gasteiger partial charge in [0.15, 0.2) is 5.65 Å². The molecule has 0 bridgehead atoms. The zero-order chi connectivity index (χ0) is 19.3. The van der Waals surface area contributed by atoms with Crippen LogP contribution in [0.1, 0.15) is 53.5 Å². The van der Waals surface area contributed by atoms with Crippen molar-refractivity contribution in [3.8, 4) is 0 Å². The zero-order valence-electron chi connectivity index (χ0n) is 16.2. The summed E-state index contributed by atoms with van der Waals surface area (Å²) >= 11 is 1.82. The van der Waals surface area contributed by atoms with Gasteiger partial charge >= 0.3 is 0 Å². The molecule has 28 heavy (non-hydrogen) atoms. The first-order chi connectivity index (χ1) is 13.6. The minimum absolute atomic E-state index is 0.0321. The van der Waals surface area contributed by atoms with Gasteiger partial charge in [-0.05, 0) is 49.8 Å². The molecule has 1 saturated heterocycles. The smallest absolute Gasteiger partial charge is 0.255 e. The molecule has 0 atom stereocenters. The van der Waals surface area contributed by atoms with E-state index in [-0.39, 0.29) is 17.6 Å². The van der Waals surface area contributed by atoms with Crippen molar-refractivity contribution in [3.05, 3.63) is 46.0 Å². The number of hydrogen-bond donors (Lipinski definition) is 0. The molecule has 2 aliphatic heterocycles. The topological polar surface area (TPSA) is 60.2 Å². The Balaban J connectivity index is 1.35. The predicted molar refractivity (Wildman–Crippen MR) is 109 cm³/mol. The van der Waals surface area contributed by atoms with Gasteiger partial charge in [-0.25, -0.2) is 9.97 Å². The average Bonchev–Trinajstić information content (AvgIpc) is 3.35. The summed E-state index contributed by atoms with van der Waals surface area (Å²) in [7, 11) is 0. The van der Waals surface area contributed by atoms with Gasteiger partial charge in [0, 0.05) is 36.6 Å². The third kappa shape index (κ3) is 2.76. The summed E-state index contributed by atoms with van der Waals surface area (Å²) < 4.78 is 8.27. The Morgan fingerprint density at radius 3 is 2.89 bits per heavy atom. The van der Waals surface area contributed by atoms with Gasteiger partial charge in [-0.1, -0.05) is 0 Å². The Bertz CT molecular complexity index is 1030. The lowest BCUT2D eigenvalue weighted by Gasteiger charge is -2.44. The number of aromatic nitrogens is 3. The van der Waals surface area contributed by atoms with Gasteiger partial charge in [0.2, 0.25) is 0 Å². The molecule has 0 unspecified atom stereocenters. The second-order valence-electron chi connectivity index (χ2n) is 7.95. The number of nitrogens with zero attached hydrogens (tertiary/aromatic N) is 4. The monoisotopic (exact) mass is 396 g/mol. The van der Waals surface area contributed by atoms with Crippen LogP contribution in [0.5, 0.6) is 0 Å². The molecule has 0 N–H and O–H groups in total. The number of carbonyl (C=O) groups is 1. The van der Waals surface area contributed by atoms with Crippen LogP contribution in [-0.2, 0) is 16.8 Å². The van der Waals surface area contributed by atoms with Gasteiger partial charge in [-0.2, -0.15) is 0 Å². The van der Waals surface area contributed by atoms with E-state index in [1.165, 1.54) is 10.4 Å². The van der Waals surface area contributed by atoms with E-state index >= 15 is 0 Å². The Morgan fingerprint density at radius 1 is 1.29 bits per heavy atom. The van der Waals surface area contributed by atoms with Crippen LogP contribution in [0.15, 0.2) is 30.0 Å². The minimum Gasteiger partial charge on any atom is -0.370 e. The highest BCUT2D eigenvalue weighted by Crippen LogP contribution is 2.43. The zero-order valence-corrected chi connectivity index (χ0v) is 17.0. The molecule has 146 valence electrons. The lowest BCUT2D eigenvalue weighted by molar-refractivity contribution is -0.0926. The summed E-state index contributed by atoms with van der Waals surface area (Å²) in [5, 5.41) is 2.16. The Labute approximate surface area is 168 Å². The summed E-state index contributed by atoms with van der Waals surface area (Å²) in [6.07, 6.45) is 6.18. The molecule has 0 saturated carbocycles. The van der Waals surface area contributed by atoms with Gasteiger partial charge < -0.3 is 14.2 Å². The fourth-order valence-corrected chi connectivity index (χ4v) is 5.39. The number of amides is 1. The van der Waals surface area contributed by atoms with Crippen molar-refractivity contribution in [2.45, 2.75) is 44.8 Å². The average molecular weight is 397 g/mol. The molecule has 5 rings (SSSR count). The molecule has 3 aromatic rings. The van der Waals surface area contributed by atoms with Crippen LogP contribution in [-0.4, -0.2) is 45.0 Å². The van der Waals surface area contributed by atoms with Gasteiger partial charge in [0.1, 0.15) is 5.52 Å². The number of fused-ring (bicyclic) bond motifs is 3. The minimum atomic E-state index is -0.206. The lowest BCUT2D eigenvalue weighted by Crippen LogP contribution is -2.48. The van der Waals surface area contributed by atoms with Crippen LogP contribution in [0.25, 0.3) is 11.2 Å². The van der Waals surface area contributed by atoms with E-state index in [9.17, 15) is 4.79 Å². The SMILES string of the molecule is CC(C)n1cnc2cc(C(=O)N3CCC4(CC3)OCCc3sccc34)cnc21. The van der Waals surface area contributed by atoms with Gasteiger partial charge in [-0.15, -0.1) is 11.3 Å². The summed E-state index contributed by atoms with van der Waals surface area (Å²) in [6, 6.07) is 4.36. The van der Waals surface area contributed by atoms with E-state index in [4.69, 9.17) is 4.74 Å². The van der Waals surface area contributed by atoms with E-state index in [1.54, 1.807) is 12.5 Å². The van der Waals surface area contributed by atoms with E-state index in [1.807, 2.05) is 26.9 Å². The Hall–Kier alpha value is -2.25. The standard InChI is InChI=1S/C21H24N4O2S/c1-14(2)25-13-23-17-11-15(12-22-19(17)25)20(26)24-7-5-21(6-8-24)16-4-10-28-18(16)3-9-27-21/h4,10-14H,3,5-9H2,1-2H3. The summed E-state index contributed by atoms with van der Waals surface area (Å²) in [5.74, 6) is 0.0321. The molecule has 6 nitrogen and oxygen atoms in total. The molecule has 0 aliphatic carbocycles. The molecule has 3 aromatic heterocycles. The van der Waals surface area contributed by atoms with E-state index in [0.717, 1.165) is 37.0 Å². The molecule has 0 radical (unpaired) electrons. The Kier molecular flexibility index (Phi) is 4.25. The highest BCUT2D eigenvalue weighted by molar-refractivity contribution is 7.10. The third-order valence-corrected chi connectivity index (χ3v) is 7.00. The fourth-order valence-electron chi connectivity index (χ4n) is 4.44. The number of likely N-dealkylation sites (tertiary alicyclic amines) is 1. The maximum absolute atomic E-state index is 13.1. The van der Waals surface area contributed by atoms with Crippen molar-refractivity contribution in [1.82, 2.24) is 19.4 Å². The van der Waals surface area contributed by atoms with Crippen molar-refractivity contribution < 1.29 is 9.53 Å². The normalized spacial score (nSPS) is 18.8. The number of hydrogen-bond acceptors (Lipinski definition) is 5. The van der Waals surface area contributed by atoms with Crippen LogP contribution in [0, 0.1) is 0 Å². The second-order valence-corrected chi connectivity index (χ2v) is 8.96. The third-order valence-electron chi connectivity index (χ3n) is 6.02. The summed E-state index contributed by atoms with van der Waals surface area (Å²) in [6.45, 7) is 6.37. The van der Waals surface area contributed by atoms with Crippen molar-refractivity contribution >= 4 is 28.4 Å². The van der Waals surface area contributed by atoms with Crippen molar-refractivity contribution in [2.24, 2.45) is 0 Å². The van der Waals surface area contributed by atoms with Gasteiger partial charge in [0.25, 0.3) is 5.91 Å². The van der Waals surface area contributed by atoms with Gasteiger partial charge in [0.05, 0.1) is 24.1 Å². The van der Waals surface area contributed by atoms with Crippen LogP contribution in [0.2, 0.25) is 0 Å². The molecule has 0 aromatic carbocycles. The first-order valence-electron chi connectivity index (χ1n) is 9.90. The van der Waals surface area contributed by atoms with Crippen LogP contribution >= 0.6 is 11.3 Å². The molecule has 7 heteroatoms. The van der Waals surface area contributed by atoms with Crippen LogP contribution in [0.3, 0.4) is 0 Å². The number of rotatable bonds is 2. The maximum Gasteiger partial charge on any atom is 0.255 e. The van der Waals surface area contributed by atoms with E-state index in [0.29, 0.717) is 18.7 Å². The highest BCUT2D eigenvalue weighted by Gasteiger charge is 2.42. The number of pyridine rings is 1. The quantitative estimate of drug-likeness (QED) is 0.661. The predicted octanol–water partition coefficient (Wildman–Crippen LogP) is 3.78. The van der Waals surface area contributed by atoms with Gasteiger partial charge in [-0.3, -0.25) is 4.79 Å². The Morgan fingerprint density at radius 2 is 2.11 bits per heavy atom. The molecule has 2 aliphatic rings. The largest absolute Gasteiger partial charge is 0.370 e. The highest BCUT2D eigenvalue weighted by atomic mass is 32.1. The maximum atomic E-state index is 13.1. The molecular formula is C21H24N4O2S. The molecule has 1 amide bonds. The summed E-state index contributed by atoms with van der Waals surface area (Å²) in [4.78, 5) is 25.4. The number of carbonyl (C=O) groups excluding carboxylic acids is 1. The van der Waals surface area contributed by atoms with Crippen molar-refractivity contribution in [3.63, 3.8) is 0 Å². The van der Waals surface area contributed by atoms with Crippen molar-refractivity contribution in [2.75, 3.05) is 19.7 Å². The van der Waals surface area contributed by atoms with Crippen LogP contribution < -0.4 is 0 Å². The second kappa shape index (κ2) is 6.67. The first-order valence-corrected chi connectivity index (χ1v) is 10.8. The van der Waals surface area contributed by atoms with Crippen molar-refractivity contribution in [1.29, 1.82) is 0 Å². The molecule has 5 heterocycles.